The van der Waals surface area contributed by atoms with E-state index < -0.39 is 11.6 Å². The lowest BCUT2D eigenvalue weighted by Gasteiger charge is -2.29. The van der Waals surface area contributed by atoms with Gasteiger partial charge in [0.2, 0.25) is 5.91 Å². The quantitative estimate of drug-likeness (QED) is 0.608. The maximum absolute atomic E-state index is 14.9. The van der Waals surface area contributed by atoms with Crippen LogP contribution in [0, 0.1) is 18.6 Å². The SMILES string of the molecule is C=CC(=O)N1CCc2c(cccc2-c2c(F)c(F)cc3[nH]c(C)c(Cl)c23)C1. The van der Waals surface area contributed by atoms with Gasteiger partial charge in [-0.2, -0.15) is 0 Å². The average Bonchev–Trinajstić information content (AvgIpc) is 2.95. The Morgan fingerprint density at radius 3 is 2.89 bits per heavy atom. The number of carbonyl (C=O) groups excluding carboxylic acids is 1. The van der Waals surface area contributed by atoms with Gasteiger partial charge in [-0.25, -0.2) is 8.78 Å². The van der Waals surface area contributed by atoms with Crippen molar-refractivity contribution in [1.29, 1.82) is 0 Å². The summed E-state index contributed by atoms with van der Waals surface area (Å²) in [6.07, 6.45) is 1.83. The zero-order chi connectivity index (χ0) is 19.3. The van der Waals surface area contributed by atoms with Crippen LogP contribution in [0.25, 0.3) is 22.0 Å². The van der Waals surface area contributed by atoms with Crippen LogP contribution in [0.1, 0.15) is 16.8 Å². The maximum Gasteiger partial charge on any atom is 0.246 e. The molecule has 0 saturated carbocycles. The van der Waals surface area contributed by atoms with Crippen molar-refractivity contribution in [2.75, 3.05) is 6.54 Å². The second-order valence-electron chi connectivity index (χ2n) is 6.69. The molecule has 0 saturated heterocycles. The van der Waals surface area contributed by atoms with Crippen molar-refractivity contribution >= 4 is 28.4 Å². The Morgan fingerprint density at radius 1 is 1.37 bits per heavy atom. The first-order valence-corrected chi connectivity index (χ1v) is 8.98. The van der Waals surface area contributed by atoms with E-state index in [1.807, 2.05) is 6.07 Å². The van der Waals surface area contributed by atoms with Crippen LogP contribution in [0.5, 0.6) is 0 Å². The first kappa shape index (κ1) is 17.7. The van der Waals surface area contributed by atoms with Crippen molar-refractivity contribution in [3.05, 3.63) is 70.4 Å². The van der Waals surface area contributed by atoms with Crippen LogP contribution >= 0.6 is 11.6 Å². The van der Waals surface area contributed by atoms with Gasteiger partial charge in [0.25, 0.3) is 0 Å². The highest BCUT2D eigenvalue weighted by Gasteiger charge is 2.26. The number of rotatable bonds is 2. The number of halogens is 3. The number of nitrogens with one attached hydrogen (secondary N) is 1. The van der Waals surface area contributed by atoms with Gasteiger partial charge < -0.3 is 9.88 Å². The molecular weight excluding hydrogens is 370 g/mol. The number of fused-ring (bicyclic) bond motifs is 2. The monoisotopic (exact) mass is 386 g/mol. The molecule has 3 nitrogen and oxygen atoms in total. The number of aromatic amines is 1. The minimum absolute atomic E-state index is 0.144. The molecule has 3 aromatic rings. The number of amides is 1. The second-order valence-corrected chi connectivity index (χ2v) is 7.07. The third-order valence-corrected chi connectivity index (χ3v) is 5.58. The Kier molecular flexibility index (Phi) is 4.27. The van der Waals surface area contributed by atoms with Crippen LogP contribution in [0.15, 0.2) is 36.9 Å². The van der Waals surface area contributed by atoms with Crippen LogP contribution < -0.4 is 0 Å². The minimum Gasteiger partial charge on any atom is -0.357 e. The van der Waals surface area contributed by atoms with Crippen molar-refractivity contribution in [2.45, 2.75) is 19.9 Å². The number of nitrogens with zero attached hydrogens (tertiary/aromatic N) is 1. The molecule has 1 N–H and O–H groups in total. The van der Waals surface area contributed by atoms with E-state index in [1.54, 1.807) is 24.0 Å². The topological polar surface area (TPSA) is 36.1 Å². The smallest absolute Gasteiger partial charge is 0.246 e. The highest BCUT2D eigenvalue weighted by molar-refractivity contribution is 6.37. The van der Waals surface area contributed by atoms with E-state index in [4.69, 9.17) is 11.6 Å². The van der Waals surface area contributed by atoms with Crippen LogP contribution in [-0.4, -0.2) is 22.3 Å². The molecule has 2 aromatic carbocycles. The number of hydrogen-bond donors (Lipinski definition) is 1. The van der Waals surface area contributed by atoms with Crippen molar-refractivity contribution in [3.63, 3.8) is 0 Å². The summed E-state index contributed by atoms with van der Waals surface area (Å²) in [6, 6.07) is 6.60. The maximum atomic E-state index is 14.9. The number of carbonyl (C=O) groups is 1. The van der Waals surface area contributed by atoms with Gasteiger partial charge in [-0.15, -0.1) is 0 Å². The summed E-state index contributed by atoms with van der Waals surface area (Å²) in [5.41, 5.74) is 3.72. The number of benzene rings is 2. The fourth-order valence-corrected chi connectivity index (χ4v) is 4.05. The number of aromatic nitrogens is 1. The Morgan fingerprint density at radius 2 is 2.15 bits per heavy atom. The molecule has 138 valence electrons. The summed E-state index contributed by atoms with van der Waals surface area (Å²) in [7, 11) is 0. The van der Waals surface area contributed by atoms with E-state index in [-0.39, 0.29) is 11.5 Å². The van der Waals surface area contributed by atoms with Gasteiger partial charge in [0.05, 0.1) is 10.5 Å². The van der Waals surface area contributed by atoms with E-state index in [0.29, 0.717) is 46.7 Å². The van der Waals surface area contributed by atoms with E-state index in [2.05, 4.69) is 11.6 Å². The van der Waals surface area contributed by atoms with E-state index >= 15 is 0 Å². The molecule has 4 rings (SSSR count). The van der Waals surface area contributed by atoms with Gasteiger partial charge in [0.1, 0.15) is 0 Å². The molecule has 0 aliphatic carbocycles. The molecule has 1 aliphatic rings. The van der Waals surface area contributed by atoms with Crippen molar-refractivity contribution < 1.29 is 13.6 Å². The summed E-state index contributed by atoms with van der Waals surface area (Å²) in [5, 5.41) is 0.863. The lowest BCUT2D eigenvalue weighted by molar-refractivity contribution is -0.126. The Hall–Kier alpha value is -2.66. The van der Waals surface area contributed by atoms with Gasteiger partial charge >= 0.3 is 0 Å². The van der Waals surface area contributed by atoms with Crippen molar-refractivity contribution in [2.24, 2.45) is 0 Å². The molecule has 0 fully saturated rings. The van der Waals surface area contributed by atoms with Crippen LogP contribution in [-0.2, 0) is 17.8 Å². The van der Waals surface area contributed by atoms with E-state index in [1.165, 1.54) is 6.08 Å². The van der Waals surface area contributed by atoms with Gasteiger partial charge in [0, 0.05) is 35.8 Å². The zero-order valence-electron chi connectivity index (χ0n) is 14.7. The summed E-state index contributed by atoms with van der Waals surface area (Å²) in [5.74, 6) is -1.98. The lowest BCUT2D eigenvalue weighted by atomic mass is 9.89. The largest absolute Gasteiger partial charge is 0.357 e. The molecule has 2 heterocycles. The van der Waals surface area contributed by atoms with Crippen LogP contribution in [0.3, 0.4) is 0 Å². The minimum atomic E-state index is -0.924. The molecular formula is C21H17ClF2N2O. The molecule has 6 heteroatoms. The average molecular weight is 387 g/mol. The molecule has 1 aromatic heterocycles. The lowest BCUT2D eigenvalue weighted by Crippen LogP contribution is -2.34. The van der Waals surface area contributed by atoms with E-state index in [0.717, 1.165) is 17.2 Å². The summed E-state index contributed by atoms with van der Waals surface area (Å²) in [6.45, 7) is 6.19. The number of aryl methyl sites for hydroxylation is 1. The molecule has 1 amide bonds. The standard InChI is InChI=1S/C21H17ClF2N2O/c1-3-17(27)26-8-7-13-12(10-26)5-4-6-14(13)18-19-16(9-15(23)21(18)24)25-11(2)20(19)22/h3-6,9,25H,1,7-8,10H2,2H3. The fraction of sp³-hybridized carbons (Fsp3) is 0.190. The predicted molar refractivity (Wildman–Crippen MR) is 103 cm³/mol. The highest BCUT2D eigenvalue weighted by Crippen LogP contribution is 2.41. The molecule has 0 radical (unpaired) electrons. The normalized spacial score (nSPS) is 13.7. The Balaban J connectivity index is 1.95. The first-order valence-electron chi connectivity index (χ1n) is 8.60. The zero-order valence-corrected chi connectivity index (χ0v) is 15.5. The molecule has 0 spiro atoms. The summed E-state index contributed by atoms with van der Waals surface area (Å²) < 4.78 is 29.2. The Bertz CT molecular complexity index is 1100. The van der Waals surface area contributed by atoms with Crippen LogP contribution in [0.4, 0.5) is 8.78 Å². The third kappa shape index (κ3) is 2.73. The molecule has 0 bridgehead atoms. The molecule has 27 heavy (non-hydrogen) atoms. The second kappa shape index (κ2) is 6.50. The molecule has 0 atom stereocenters. The highest BCUT2D eigenvalue weighted by atomic mass is 35.5. The van der Waals surface area contributed by atoms with Gasteiger partial charge in [-0.3, -0.25) is 4.79 Å². The van der Waals surface area contributed by atoms with Crippen LogP contribution in [0.2, 0.25) is 5.02 Å². The number of hydrogen-bond acceptors (Lipinski definition) is 1. The fourth-order valence-electron chi connectivity index (χ4n) is 3.81. The van der Waals surface area contributed by atoms with Crippen molar-refractivity contribution in [1.82, 2.24) is 9.88 Å². The van der Waals surface area contributed by atoms with Gasteiger partial charge in [0.15, 0.2) is 11.6 Å². The first-order chi connectivity index (χ1) is 12.9. The van der Waals surface area contributed by atoms with Gasteiger partial charge in [-0.05, 0) is 36.1 Å². The predicted octanol–water partition coefficient (Wildman–Crippen LogP) is 5.15. The van der Waals surface area contributed by atoms with Gasteiger partial charge in [-0.1, -0.05) is 36.4 Å². The third-order valence-electron chi connectivity index (χ3n) is 5.11. The van der Waals surface area contributed by atoms with E-state index in [9.17, 15) is 13.6 Å². The summed E-state index contributed by atoms with van der Waals surface area (Å²) >= 11 is 6.40. The van der Waals surface area contributed by atoms with Crippen molar-refractivity contribution in [3.8, 4) is 11.1 Å². The number of H-pyrrole nitrogens is 1. The molecule has 0 unspecified atom stereocenters. The summed E-state index contributed by atoms with van der Waals surface area (Å²) in [4.78, 5) is 16.6. The molecule has 1 aliphatic heterocycles. The Labute approximate surface area is 160 Å².